The van der Waals surface area contributed by atoms with E-state index in [1.807, 2.05) is 50.5 Å². The molecule has 0 bridgehead atoms. The zero-order valence-electron chi connectivity index (χ0n) is 17.6. The van der Waals surface area contributed by atoms with E-state index in [-0.39, 0.29) is 11.9 Å². The Bertz CT molecular complexity index is 1050. The zero-order chi connectivity index (χ0) is 21.3. The van der Waals surface area contributed by atoms with Crippen molar-refractivity contribution >= 4 is 28.3 Å². The molecule has 2 aromatic carbocycles. The largest absolute Gasteiger partial charge is 0.363 e. The third-order valence-corrected chi connectivity index (χ3v) is 4.66. The standard InChI is InChI=1S/C24H27N5O/c1-18(19-10-6-4-7-11-19)27-24-21-16-20(13-14-22(21)25-17-26-24)28-23(30)12-8-5-9-15-29(2)3/h4,6-7,10-11,13-14,16-18H,5,9,15H2,1-3H3,(H,28,30)(H,25,26,27). The summed E-state index contributed by atoms with van der Waals surface area (Å²) in [4.78, 5) is 23.0. The lowest BCUT2D eigenvalue weighted by molar-refractivity contribution is -0.111. The lowest BCUT2D eigenvalue weighted by Crippen LogP contribution is -2.12. The smallest absolute Gasteiger partial charge is 0.300 e. The first-order valence-corrected chi connectivity index (χ1v) is 10.0. The van der Waals surface area contributed by atoms with Crippen molar-refractivity contribution in [1.82, 2.24) is 14.9 Å². The summed E-state index contributed by atoms with van der Waals surface area (Å²) in [6.45, 7) is 3.04. The first-order valence-electron chi connectivity index (χ1n) is 10.0. The lowest BCUT2D eigenvalue weighted by Gasteiger charge is -2.16. The summed E-state index contributed by atoms with van der Waals surface area (Å²) in [6, 6.07) is 15.8. The van der Waals surface area contributed by atoms with E-state index in [4.69, 9.17) is 0 Å². The van der Waals surface area contributed by atoms with Crippen LogP contribution in [0.5, 0.6) is 0 Å². The van der Waals surface area contributed by atoms with Crippen LogP contribution in [0.1, 0.15) is 31.4 Å². The predicted molar refractivity (Wildman–Crippen MR) is 122 cm³/mol. The Morgan fingerprint density at radius 3 is 2.70 bits per heavy atom. The van der Waals surface area contributed by atoms with Gasteiger partial charge >= 0.3 is 0 Å². The number of benzene rings is 2. The van der Waals surface area contributed by atoms with Gasteiger partial charge in [0, 0.05) is 23.5 Å². The number of amides is 1. The van der Waals surface area contributed by atoms with E-state index in [1.54, 1.807) is 6.33 Å². The summed E-state index contributed by atoms with van der Waals surface area (Å²) >= 11 is 0. The summed E-state index contributed by atoms with van der Waals surface area (Å²) in [5, 5.41) is 7.13. The molecule has 6 heteroatoms. The fourth-order valence-electron chi connectivity index (χ4n) is 3.07. The second kappa shape index (κ2) is 10.4. The normalized spacial score (nSPS) is 11.6. The van der Waals surface area contributed by atoms with Crippen LogP contribution in [0.2, 0.25) is 0 Å². The molecule has 1 atom stereocenters. The first-order chi connectivity index (χ1) is 14.5. The fourth-order valence-corrected chi connectivity index (χ4v) is 3.07. The molecular formula is C24H27N5O. The quantitative estimate of drug-likeness (QED) is 0.461. The van der Waals surface area contributed by atoms with Crippen LogP contribution in [0, 0.1) is 11.8 Å². The molecule has 0 saturated heterocycles. The van der Waals surface area contributed by atoms with E-state index in [2.05, 4.69) is 56.4 Å². The van der Waals surface area contributed by atoms with E-state index in [1.165, 1.54) is 5.56 Å². The molecule has 0 radical (unpaired) electrons. The van der Waals surface area contributed by atoms with Crippen molar-refractivity contribution in [3.8, 4) is 11.8 Å². The summed E-state index contributed by atoms with van der Waals surface area (Å²) < 4.78 is 0. The van der Waals surface area contributed by atoms with Crippen molar-refractivity contribution in [3.63, 3.8) is 0 Å². The van der Waals surface area contributed by atoms with Crippen LogP contribution >= 0.6 is 0 Å². The van der Waals surface area contributed by atoms with Crippen LogP contribution in [-0.4, -0.2) is 41.4 Å². The molecule has 1 heterocycles. The average Bonchev–Trinajstić information content (AvgIpc) is 2.74. The van der Waals surface area contributed by atoms with Gasteiger partial charge in [0.1, 0.15) is 12.1 Å². The van der Waals surface area contributed by atoms with Gasteiger partial charge in [0.15, 0.2) is 0 Å². The third kappa shape index (κ3) is 6.03. The van der Waals surface area contributed by atoms with Gasteiger partial charge in [0.05, 0.1) is 5.52 Å². The van der Waals surface area contributed by atoms with Crippen LogP contribution in [0.15, 0.2) is 54.9 Å². The molecule has 0 aliphatic carbocycles. The molecule has 1 amide bonds. The first kappa shape index (κ1) is 21.3. The van der Waals surface area contributed by atoms with Crippen molar-refractivity contribution in [2.45, 2.75) is 25.8 Å². The summed E-state index contributed by atoms with van der Waals surface area (Å²) in [7, 11) is 4.04. The van der Waals surface area contributed by atoms with Crippen LogP contribution in [-0.2, 0) is 4.79 Å². The number of carbonyl (C=O) groups is 1. The predicted octanol–water partition coefficient (Wildman–Crippen LogP) is 4.09. The number of unbranched alkanes of at least 4 members (excludes halogenated alkanes) is 1. The maximum atomic E-state index is 12.2. The highest BCUT2D eigenvalue weighted by atomic mass is 16.1. The number of hydrogen-bond donors (Lipinski definition) is 2. The molecule has 3 rings (SSSR count). The molecular weight excluding hydrogens is 374 g/mol. The molecule has 1 unspecified atom stereocenters. The maximum Gasteiger partial charge on any atom is 0.300 e. The second-order valence-electron chi connectivity index (χ2n) is 7.39. The van der Waals surface area contributed by atoms with E-state index in [0.717, 1.165) is 29.7 Å². The average molecular weight is 402 g/mol. The van der Waals surface area contributed by atoms with Crippen LogP contribution < -0.4 is 10.6 Å². The molecule has 0 spiro atoms. The number of carbonyl (C=O) groups excluding carboxylic acids is 1. The molecule has 30 heavy (non-hydrogen) atoms. The molecule has 0 aliphatic heterocycles. The summed E-state index contributed by atoms with van der Waals surface area (Å²) in [5.74, 6) is 5.99. The minimum absolute atomic E-state index is 0.0792. The Kier molecular flexibility index (Phi) is 7.36. The Balaban J connectivity index is 1.71. The van der Waals surface area contributed by atoms with Gasteiger partial charge in [-0.2, -0.15) is 0 Å². The van der Waals surface area contributed by atoms with Gasteiger partial charge in [0.2, 0.25) is 0 Å². The lowest BCUT2D eigenvalue weighted by atomic mass is 10.1. The van der Waals surface area contributed by atoms with Crippen molar-refractivity contribution < 1.29 is 4.79 Å². The van der Waals surface area contributed by atoms with E-state index < -0.39 is 0 Å². The van der Waals surface area contributed by atoms with Crippen LogP contribution in [0.4, 0.5) is 11.5 Å². The fraction of sp³-hybridized carbons (Fsp3) is 0.292. The maximum absolute atomic E-state index is 12.2. The van der Waals surface area contributed by atoms with Gasteiger partial charge in [-0.05, 0) is 63.7 Å². The molecule has 6 nitrogen and oxygen atoms in total. The monoisotopic (exact) mass is 401 g/mol. The number of nitrogens with zero attached hydrogens (tertiary/aromatic N) is 3. The van der Waals surface area contributed by atoms with E-state index in [9.17, 15) is 4.79 Å². The molecule has 1 aromatic heterocycles. The molecule has 3 aromatic rings. The van der Waals surface area contributed by atoms with Crippen molar-refractivity contribution in [2.24, 2.45) is 0 Å². The highest BCUT2D eigenvalue weighted by Gasteiger charge is 2.10. The molecule has 2 N–H and O–H groups in total. The number of fused-ring (bicyclic) bond motifs is 1. The third-order valence-electron chi connectivity index (χ3n) is 4.66. The summed E-state index contributed by atoms with van der Waals surface area (Å²) in [5.41, 5.74) is 2.64. The van der Waals surface area contributed by atoms with Crippen LogP contribution in [0.3, 0.4) is 0 Å². The summed E-state index contributed by atoms with van der Waals surface area (Å²) in [6.07, 6.45) is 3.18. The SMILES string of the molecule is CC(Nc1ncnc2ccc(NC(=O)C#CCCCN(C)C)cc12)c1ccccc1. The van der Waals surface area contributed by atoms with E-state index in [0.29, 0.717) is 12.1 Å². The van der Waals surface area contributed by atoms with Gasteiger partial charge in [-0.25, -0.2) is 9.97 Å². The number of rotatable bonds is 7. The number of aromatic nitrogens is 2. The van der Waals surface area contributed by atoms with Gasteiger partial charge in [0.25, 0.3) is 5.91 Å². The number of anilines is 2. The zero-order valence-corrected chi connectivity index (χ0v) is 17.6. The van der Waals surface area contributed by atoms with Crippen LogP contribution in [0.25, 0.3) is 10.9 Å². The second-order valence-corrected chi connectivity index (χ2v) is 7.39. The number of nitrogens with one attached hydrogen (secondary N) is 2. The molecule has 154 valence electrons. The minimum Gasteiger partial charge on any atom is -0.363 e. The molecule has 0 aliphatic rings. The van der Waals surface area contributed by atoms with Gasteiger partial charge in [-0.3, -0.25) is 4.79 Å². The van der Waals surface area contributed by atoms with Gasteiger partial charge in [-0.1, -0.05) is 36.3 Å². The Hall–Kier alpha value is -3.43. The Labute approximate surface area is 177 Å². The van der Waals surface area contributed by atoms with E-state index >= 15 is 0 Å². The van der Waals surface area contributed by atoms with Crippen molar-refractivity contribution in [1.29, 1.82) is 0 Å². The Morgan fingerprint density at radius 1 is 1.13 bits per heavy atom. The van der Waals surface area contributed by atoms with Crippen molar-refractivity contribution in [3.05, 3.63) is 60.4 Å². The highest BCUT2D eigenvalue weighted by Crippen LogP contribution is 2.26. The molecule has 0 fully saturated rings. The van der Waals surface area contributed by atoms with Crippen molar-refractivity contribution in [2.75, 3.05) is 31.3 Å². The van der Waals surface area contributed by atoms with Gasteiger partial charge < -0.3 is 15.5 Å². The number of hydrogen-bond acceptors (Lipinski definition) is 5. The Morgan fingerprint density at radius 2 is 1.93 bits per heavy atom. The topological polar surface area (TPSA) is 70.1 Å². The molecule has 0 saturated carbocycles. The van der Waals surface area contributed by atoms with Gasteiger partial charge in [-0.15, -0.1) is 0 Å². The highest BCUT2D eigenvalue weighted by molar-refractivity contribution is 6.05. The minimum atomic E-state index is -0.316.